The van der Waals surface area contributed by atoms with Gasteiger partial charge in [0.1, 0.15) is 17.1 Å². The molecule has 2 N–H and O–H groups in total. The Morgan fingerprint density at radius 2 is 1.86 bits per heavy atom. The van der Waals surface area contributed by atoms with Gasteiger partial charge in [-0.1, -0.05) is 30.3 Å². The molecule has 1 fully saturated rings. The highest BCUT2D eigenvalue weighted by molar-refractivity contribution is 5.79. The maximum Gasteiger partial charge on any atom is 0.228 e. The molecule has 0 radical (unpaired) electrons. The van der Waals surface area contributed by atoms with Gasteiger partial charge in [0.2, 0.25) is 5.91 Å². The summed E-state index contributed by atoms with van der Waals surface area (Å²) in [6.45, 7) is 1.93. The highest BCUT2D eigenvalue weighted by atomic mass is 16.5. The van der Waals surface area contributed by atoms with Crippen molar-refractivity contribution in [3.05, 3.63) is 90.4 Å². The number of ether oxygens (including phenoxy) is 1. The van der Waals surface area contributed by atoms with Crippen LogP contribution in [0, 0.1) is 6.92 Å². The Kier molecular flexibility index (Phi) is 6.91. The molecule has 0 saturated heterocycles. The minimum atomic E-state index is -0.685. The van der Waals surface area contributed by atoms with E-state index >= 15 is 0 Å². The molecule has 3 atom stereocenters. The molecule has 0 bridgehead atoms. The van der Waals surface area contributed by atoms with Crippen molar-refractivity contribution < 1.29 is 14.6 Å². The third-order valence-electron chi connectivity index (χ3n) is 7.03. The van der Waals surface area contributed by atoms with E-state index in [2.05, 4.69) is 10.3 Å². The smallest absolute Gasteiger partial charge is 0.228 e. The van der Waals surface area contributed by atoms with Crippen molar-refractivity contribution >= 4 is 17.2 Å². The summed E-state index contributed by atoms with van der Waals surface area (Å²) in [6, 6.07) is 22.8. The first kappa shape index (κ1) is 23.9. The number of rotatable bonds is 7. The Bertz CT molecular complexity index is 1340. The predicted molar refractivity (Wildman–Crippen MR) is 140 cm³/mol. The van der Waals surface area contributed by atoms with Crippen LogP contribution in [0.2, 0.25) is 0 Å². The van der Waals surface area contributed by atoms with Gasteiger partial charge in [-0.3, -0.25) is 4.79 Å². The third-order valence-corrected chi connectivity index (χ3v) is 7.03. The third kappa shape index (κ3) is 5.06. The van der Waals surface area contributed by atoms with Crippen LogP contribution in [0.4, 0.5) is 5.69 Å². The second-order valence-corrected chi connectivity index (χ2v) is 9.44. The summed E-state index contributed by atoms with van der Waals surface area (Å²) >= 11 is 0. The van der Waals surface area contributed by atoms with Crippen molar-refractivity contribution in [2.24, 2.45) is 0 Å². The largest absolute Gasteiger partial charge is 0.457 e. The summed E-state index contributed by atoms with van der Waals surface area (Å²) in [5.74, 6) is 1.48. The van der Waals surface area contributed by atoms with E-state index < -0.39 is 6.10 Å². The maximum absolute atomic E-state index is 13.3. The van der Waals surface area contributed by atoms with Gasteiger partial charge in [-0.15, -0.1) is 0 Å². The Morgan fingerprint density at radius 1 is 1.08 bits per heavy atom. The first-order chi connectivity index (χ1) is 17.5. The van der Waals surface area contributed by atoms with Crippen LogP contribution in [-0.4, -0.2) is 50.5 Å². The number of nitrogens with zero attached hydrogens (tertiary/aromatic N) is 3. The number of aryl methyl sites for hydroxylation is 1. The van der Waals surface area contributed by atoms with Crippen LogP contribution >= 0.6 is 0 Å². The fourth-order valence-electron chi connectivity index (χ4n) is 5.06. The number of likely N-dealkylation sites (N-methyl/N-ethyl adjacent to an activating group) is 1. The molecule has 1 amide bonds. The second kappa shape index (κ2) is 10.4. The number of carbonyl (C=O) groups excluding carboxylic acids is 1. The molecule has 4 aromatic rings. The quantitative estimate of drug-likeness (QED) is 0.393. The number of imidazole rings is 1. The van der Waals surface area contributed by atoms with Gasteiger partial charge in [0.05, 0.1) is 36.0 Å². The average molecular weight is 485 g/mol. The first-order valence-corrected chi connectivity index (χ1v) is 12.5. The number of aromatic nitrogens is 2. The lowest BCUT2D eigenvalue weighted by molar-refractivity contribution is -0.134. The molecule has 2 heterocycles. The van der Waals surface area contributed by atoms with E-state index in [1.807, 2.05) is 90.3 Å². The Balaban J connectivity index is 1.25. The number of carbonyl (C=O) groups is 1. The number of pyridine rings is 1. The minimum absolute atomic E-state index is 0.0216. The van der Waals surface area contributed by atoms with Crippen LogP contribution in [0.1, 0.15) is 30.7 Å². The van der Waals surface area contributed by atoms with E-state index in [0.717, 1.165) is 53.5 Å². The van der Waals surface area contributed by atoms with E-state index in [9.17, 15) is 9.90 Å². The van der Waals surface area contributed by atoms with Crippen molar-refractivity contribution in [2.75, 3.05) is 12.4 Å². The number of nitrogens with one attached hydrogen (secondary N) is 1. The summed E-state index contributed by atoms with van der Waals surface area (Å²) < 4.78 is 7.92. The topological polar surface area (TPSA) is 79.1 Å². The lowest BCUT2D eigenvalue weighted by Crippen LogP contribution is -2.54. The molecule has 0 spiro atoms. The zero-order valence-electron chi connectivity index (χ0n) is 20.7. The minimum Gasteiger partial charge on any atom is -0.457 e. The Labute approximate surface area is 211 Å². The molecule has 7 nitrogen and oxygen atoms in total. The van der Waals surface area contributed by atoms with Gasteiger partial charge in [0, 0.05) is 25.0 Å². The monoisotopic (exact) mass is 484 g/mol. The highest BCUT2D eigenvalue weighted by Gasteiger charge is 2.36. The van der Waals surface area contributed by atoms with Gasteiger partial charge in [-0.05, 0) is 62.6 Å². The number of amides is 1. The van der Waals surface area contributed by atoms with Gasteiger partial charge in [0.25, 0.3) is 0 Å². The van der Waals surface area contributed by atoms with Crippen LogP contribution in [-0.2, 0) is 11.2 Å². The van der Waals surface area contributed by atoms with E-state index in [0.29, 0.717) is 0 Å². The molecule has 186 valence electrons. The lowest BCUT2D eigenvalue weighted by Gasteiger charge is -2.40. The van der Waals surface area contributed by atoms with Crippen LogP contribution in [0.3, 0.4) is 0 Å². The van der Waals surface area contributed by atoms with Crippen LogP contribution < -0.4 is 10.1 Å². The van der Waals surface area contributed by atoms with Gasteiger partial charge in [-0.2, -0.15) is 0 Å². The lowest BCUT2D eigenvalue weighted by atomic mass is 9.87. The molecule has 0 aliphatic heterocycles. The van der Waals surface area contributed by atoms with Gasteiger partial charge in [-0.25, -0.2) is 4.98 Å². The summed E-state index contributed by atoms with van der Waals surface area (Å²) in [4.78, 5) is 19.6. The first-order valence-electron chi connectivity index (χ1n) is 12.5. The van der Waals surface area contributed by atoms with E-state index in [4.69, 9.17) is 4.74 Å². The normalized spacial score (nSPS) is 19.7. The Hall–Kier alpha value is -3.84. The fraction of sp³-hybridized carbons (Fsp3) is 0.310. The molecule has 0 unspecified atom stereocenters. The van der Waals surface area contributed by atoms with Crippen molar-refractivity contribution in [1.82, 2.24) is 14.3 Å². The standard InChI is InChI=1S/C29H32N4O3/c1-20-26(33-17-7-6-16-27(33)30-20)19-28(34)32(2)25-15-9-14-24(29(25)35)31-21-10-8-13-23(18-21)36-22-11-4-3-5-12-22/h3-8,10-13,16-18,24-25,29,31,35H,9,14-15,19H2,1-2H3/t24-,25-,29+/m1/s1. The number of fused-ring (bicyclic) bond motifs is 1. The zero-order chi connectivity index (χ0) is 25.1. The number of para-hydroxylation sites is 1. The number of aliphatic hydroxyl groups excluding tert-OH is 1. The molecule has 1 aliphatic rings. The van der Waals surface area contributed by atoms with Crippen LogP contribution in [0.25, 0.3) is 5.65 Å². The second-order valence-electron chi connectivity index (χ2n) is 9.44. The van der Waals surface area contributed by atoms with Gasteiger partial charge < -0.3 is 24.5 Å². The summed E-state index contributed by atoms with van der Waals surface area (Å²) in [5, 5.41) is 14.7. The van der Waals surface area contributed by atoms with Crippen molar-refractivity contribution in [3.8, 4) is 11.5 Å². The van der Waals surface area contributed by atoms with Crippen molar-refractivity contribution in [1.29, 1.82) is 0 Å². The number of anilines is 1. The van der Waals surface area contributed by atoms with Gasteiger partial charge >= 0.3 is 0 Å². The van der Waals surface area contributed by atoms with E-state index in [1.165, 1.54) is 0 Å². The van der Waals surface area contributed by atoms with Crippen LogP contribution in [0.15, 0.2) is 79.0 Å². The molecule has 2 aromatic carbocycles. The van der Waals surface area contributed by atoms with Crippen molar-refractivity contribution in [2.45, 2.75) is 50.8 Å². The molecule has 5 rings (SSSR count). The summed E-state index contributed by atoms with van der Waals surface area (Å²) in [7, 11) is 1.80. The number of aliphatic hydroxyl groups is 1. The van der Waals surface area contributed by atoms with E-state index in [1.54, 1.807) is 11.9 Å². The maximum atomic E-state index is 13.3. The van der Waals surface area contributed by atoms with Gasteiger partial charge in [0.15, 0.2) is 0 Å². The summed E-state index contributed by atoms with van der Waals surface area (Å²) in [6.07, 6.45) is 4.01. The Morgan fingerprint density at radius 3 is 2.69 bits per heavy atom. The number of hydrogen-bond donors (Lipinski definition) is 2. The van der Waals surface area contributed by atoms with E-state index in [-0.39, 0.29) is 24.4 Å². The molecule has 7 heteroatoms. The molecular formula is C29H32N4O3. The molecule has 1 aliphatic carbocycles. The number of hydrogen-bond acceptors (Lipinski definition) is 5. The fourth-order valence-corrected chi connectivity index (χ4v) is 5.06. The molecule has 36 heavy (non-hydrogen) atoms. The number of benzene rings is 2. The molecule has 2 aromatic heterocycles. The zero-order valence-corrected chi connectivity index (χ0v) is 20.7. The molecule has 1 saturated carbocycles. The average Bonchev–Trinajstić information content (AvgIpc) is 3.20. The summed E-state index contributed by atoms with van der Waals surface area (Å²) in [5.41, 5.74) is 3.45. The highest BCUT2D eigenvalue weighted by Crippen LogP contribution is 2.29. The molecular weight excluding hydrogens is 452 g/mol. The predicted octanol–water partition coefficient (Wildman–Crippen LogP) is 4.83. The SMILES string of the molecule is Cc1nc2ccccn2c1CC(=O)N(C)[C@@H]1CCC[C@@H](Nc2cccc(Oc3ccccc3)c2)[C@@H]1O. The van der Waals surface area contributed by atoms with Crippen LogP contribution in [0.5, 0.6) is 11.5 Å². The van der Waals surface area contributed by atoms with Crippen molar-refractivity contribution in [3.63, 3.8) is 0 Å².